The monoisotopic (exact) mass is 522 g/mol. The van der Waals surface area contributed by atoms with Crippen LogP contribution in [0.3, 0.4) is 0 Å². The molecule has 2 fully saturated rings. The zero-order valence-electron chi connectivity index (χ0n) is 21.4. The minimum atomic E-state index is -3.24. The summed E-state index contributed by atoms with van der Waals surface area (Å²) in [4.78, 5) is 15.2. The average Bonchev–Trinajstić information content (AvgIpc) is 3.57. The van der Waals surface area contributed by atoms with Crippen LogP contribution in [0.4, 0.5) is 0 Å². The number of aromatic nitrogens is 1. The standard InChI is InChI=1S/C29H38N4O3S/c30-28(34)19-24-17-23(21-7-2-1-3-8-21)18-26-27(20-32-29(24)26)22-11-14-33(15-12-22)37(35,36)16-6-13-31-25-9-4-5-10-25/h1-3,7-8,17-18,20,22,25,31-32H,4-6,9-16,19H2,(H2,30,34). The molecule has 5 rings (SSSR count). The van der Waals surface area contributed by atoms with Gasteiger partial charge in [-0.2, -0.15) is 0 Å². The number of nitrogens with zero attached hydrogens (tertiary/aromatic N) is 1. The van der Waals surface area contributed by atoms with Crippen LogP contribution in [-0.4, -0.2) is 55.0 Å². The number of carbonyl (C=O) groups excluding carboxylic acids is 1. The molecule has 1 saturated heterocycles. The van der Waals surface area contributed by atoms with E-state index in [0.717, 1.165) is 47.0 Å². The maximum absolute atomic E-state index is 13.0. The number of carbonyl (C=O) groups is 1. The number of sulfonamides is 1. The first-order chi connectivity index (χ1) is 17.9. The van der Waals surface area contributed by atoms with Gasteiger partial charge in [0.2, 0.25) is 15.9 Å². The van der Waals surface area contributed by atoms with Crippen LogP contribution in [0, 0.1) is 0 Å². The van der Waals surface area contributed by atoms with Gasteiger partial charge in [0, 0.05) is 36.2 Å². The normalized spacial score (nSPS) is 18.1. The second-order valence-electron chi connectivity index (χ2n) is 10.6. The van der Waals surface area contributed by atoms with Crippen molar-refractivity contribution in [2.75, 3.05) is 25.4 Å². The Morgan fingerprint density at radius 1 is 1.03 bits per heavy atom. The number of hydrogen-bond acceptors (Lipinski definition) is 4. The number of hydrogen-bond donors (Lipinski definition) is 3. The highest BCUT2D eigenvalue weighted by atomic mass is 32.2. The zero-order chi connectivity index (χ0) is 25.8. The Hall–Kier alpha value is -2.68. The number of aromatic amines is 1. The summed E-state index contributed by atoms with van der Waals surface area (Å²) in [6.45, 7) is 1.86. The predicted octanol–water partition coefficient (Wildman–Crippen LogP) is 4.29. The van der Waals surface area contributed by atoms with E-state index < -0.39 is 10.0 Å². The number of H-pyrrole nitrogens is 1. The highest BCUT2D eigenvalue weighted by molar-refractivity contribution is 7.89. The molecule has 0 atom stereocenters. The van der Waals surface area contributed by atoms with Crippen LogP contribution in [0.25, 0.3) is 22.0 Å². The lowest BCUT2D eigenvalue weighted by Crippen LogP contribution is -2.40. The maximum Gasteiger partial charge on any atom is 0.221 e. The molecule has 1 amide bonds. The molecule has 3 aromatic rings. The molecule has 4 N–H and O–H groups in total. The van der Waals surface area contributed by atoms with Crippen LogP contribution in [-0.2, 0) is 21.2 Å². The summed E-state index contributed by atoms with van der Waals surface area (Å²) in [6.07, 6.45) is 9.42. The van der Waals surface area contributed by atoms with Crippen LogP contribution in [0.15, 0.2) is 48.7 Å². The van der Waals surface area contributed by atoms with E-state index in [2.05, 4.69) is 28.5 Å². The fourth-order valence-electron chi connectivity index (χ4n) is 6.05. The minimum absolute atomic E-state index is 0.170. The van der Waals surface area contributed by atoms with Crippen molar-refractivity contribution in [1.82, 2.24) is 14.6 Å². The molecule has 2 aliphatic rings. The molecule has 1 aromatic heterocycles. The molecule has 0 spiro atoms. The molecular weight excluding hydrogens is 484 g/mol. The summed E-state index contributed by atoms with van der Waals surface area (Å²) in [5, 5.41) is 4.61. The Morgan fingerprint density at radius 2 is 1.76 bits per heavy atom. The summed E-state index contributed by atoms with van der Waals surface area (Å²) in [5.41, 5.74) is 10.7. The second-order valence-corrected chi connectivity index (χ2v) is 12.7. The molecule has 198 valence electrons. The van der Waals surface area contributed by atoms with Crippen molar-refractivity contribution in [3.8, 4) is 11.1 Å². The van der Waals surface area contributed by atoms with Gasteiger partial charge in [0.1, 0.15) is 0 Å². The topological polar surface area (TPSA) is 108 Å². The molecule has 0 unspecified atom stereocenters. The zero-order valence-corrected chi connectivity index (χ0v) is 22.2. The van der Waals surface area contributed by atoms with Crippen molar-refractivity contribution >= 4 is 26.8 Å². The van der Waals surface area contributed by atoms with Gasteiger partial charge in [-0.3, -0.25) is 4.79 Å². The summed E-state index contributed by atoms with van der Waals surface area (Å²) in [7, 11) is -3.24. The molecule has 7 nitrogen and oxygen atoms in total. The highest BCUT2D eigenvalue weighted by Gasteiger charge is 2.30. The van der Waals surface area contributed by atoms with Gasteiger partial charge < -0.3 is 16.0 Å². The van der Waals surface area contributed by atoms with E-state index in [0.29, 0.717) is 25.6 Å². The predicted molar refractivity (Wildman–Crippen MR) is 149 cm³/mol. The molecule has 0 bridgehead atoms. The van der Waals surface area contributed by atoms with Crippen molar-refractivity contribution in [2.24, 2.45) is 5.73 Å². The smallest absolute Gasteiger partial charge is 0.221 e. The first kappa shape index (κ1) is 25.9. The third-order valence-corrected chi connectivity index (χ3v) is 9.99. The Kier molecular flexibility index (Phi) is 7.98. The van der Waals surface area contributed by atoms with Crippen LogP contribution in [0.1, 0.15) is 62.0 Å². The van der Waals surface area contributed by atoms with Gasteiger partial charge in [-0.05, 0) is 79.0 Å². The number of primary amides is 1. The minimum Gasteiger partial charge on any atom is -0.369 e. The Morgan fingerprint density at radius 3 is 2.46 bits per heavy atom. The highest BCUT2D eigenvalue weighted by Crippen LogP contribution is 2.37. The van der Waals surface area contributed by atoms with E-state index in [-0.39, 0.29) is 24.0 Å². The fourth-order valence-corrected chi connectivity index (χ4v) is 7.59. The van der Waals surface area contributed by atoms with Gasteiger partial charge in [-0.25, -0.2) is 12.7 Å². The van der Waals surface area contributed by atoms with Gasteiger partial charge in [0.25, 0.3) is 0 Å². The lowest BCUT2D eigenvalue weighted by molar-refractivity contribution is -0.117. The number of rotatable bonds is 10. The third kappa shape index (κ3) is 6.08. The number of nitrogens with two attached hydrogens (primary N) is 1. The van der Waals surface area contributed by atoms with E-state index in [1.54, 1.807) is 4.31 Å². The number of piperidine rings is 1. The van der Waals surface area contributed by atoms with Crippen molar-refractivity contribution in [1.29, 1.82) is 0 Å². The molecular formula is C29H38N4O3S. The van der Waals surface area contributed by atoms with E-state index in [1.807, 2.05) is 30.5 Å². The van der Waals surface area contributed by atoms with Crippen molar-refractivity contribution in [3.63, 3.8) is 0 Å². The molecule has 0 radical (unpaired) electrons. The first-order valence-corrected chi connectivity index (χ1v) is 15.2. The van der Waals surface area contributed by atoms with Crippen LogP contribution >= 0.6 is 0 Å². The quantitative estimate of drug-likeness (QED) is 0.345. The van der Waals surface area contributed by atoms with Gasteiger partial charge >= 0.3 is 0 Å². The molecule has 2 heterocycles. The molecule has 1 aliphatic carbocycles. The van der Waals surface area contributed by atoms with E-state index in [4.69, 9.17) is 5.73 Å². The SMILES string of the molecule is NC(=O)Cc1cc(-c2ccccc2)cc2c(C3CCN(S(=O)(=O)CCCNC4CCCC4)CC3)c[nH]c12. The second kappa shape index (κ2) is 11.4. The van der Waals surface area contributed by atoms with Gasteiger partial charge in [-0.15, -0.1) is 0 Å². The van der Waals surface area contributed by atoms with Crippen molar-refractivity contribution < 1.29 is 13.2 Å². The van der Waals surface area contributed by atoms with E-state index in [9.17, 15) is 13.2 Å². The number of nitrogens with one attached hydrogen (secondary N) is 2. The molecule has 1 saturated carbocycles. The molecule has 2 aromatic carbocycles. The maximum atomic E-state index is 13.0. The van der Waals surface area contributed by atoms with Crippen LogP contribution in [0.2, 0.25) is 0 Å². The number of benzene rings is 2. The van der Waals surface area contributed by atoms with Crippen LogP contribution < -0.4 is 11.1 Å². The molecule has 1 aliphatic heterocycles. The van der Waals surface area contributed by atoms with E-state index in [1.165, 1.54) is 31.2 Å². The van der Waals surface area contributed by atoms with Crippen molar-refractivity contribution in [2.45, 2.75) is 63.3 Å². The molecule has 8 heteroatoms. The Balaban J connectivity index is 1.28. The number of fused-ring (bicyclic) bond motifs is 1. The van der Waals surface area contributed by atoms with Crippen LogP contribution in [0.5, 0.6) is 0 Å². The van der Waals surface area contributed by atoms with E-state index >= 15 is 0 Å². The Bertz CT molecular complexity index is 1320. The molecule has 37 heavy (non-hydrogen) atoms. The lowest BCUT2D eigenvalue weighted by atomic mass is 9.88. The average molecular weight is 523 g/mol. The summed E-state index contributed by atoms with van der Waals surface area (Å²) < 4.78 is 27.7. The Labute approximate surface area is 219 Å². The van der Waals surface area contributed by atoms with Gasteiger partial charge in [0.05, 0.1) is 12.2 Å². The van der Waals surface area contributed by atoms with Crippen molar-refractivity contribution in [3.05, 3.63) is 59.8 Å². The first-order valence-electron chi connectivity index (χ1n) is 13.6. The fraction of sp³-hybridized carbons (Fsp3) is 0.483. The summed E-state index contributed by atoms with van der Waals surface area (Å²) in [6, 6.07) is 14.9. The number of amides is 1. The third-order valence-electron chi connectivity index (χ3n) is 8.03. The van der Waals surface area contributed by atoms with Gasteiger partial charge in [0.15, 0.2) is 0 Å². The van der Waals surface area contributed by atoms with Gasteiger partial charge in [-0.1, -0.05) is 43.2 Å². The largest absolute Gasteiger partial charge is 0.369 e. The summed E-state index contributed by atoms with van der Waals surface area (Å²) in [5.74, 6) is 0.109. The lowest BCUT2D eigenvalue weighted by Gasteiger charge is -2.31. The summed E-state index contributed by atoms with van der Waals surface area (Å²) >= 11 is 0.